The molecule has 3 aromatic rings. The van der Waals surface area contributed by atoms with Crippen LogP contribution in [0.25, 0.3) is 0 Å². The maximum atomic E-state index is 13.8. The van der Waals surface area contributed by atoms with E-state index in [-0.39, 0.29) is 11.5 Å². The summed E-state index contributed by atoms with van der Waals surface area (Å²) in [4.78, 5) is 56.0. The van der Waals surface area contributed by atoms with Crippen molar-refractivity contribution < 1.29 is 19.2 Å². The van der Waals surface area contributed by atoms with Crippen molar-refractivity contribution in [3.05, 3.63) is 94.3 Å². The summed E-state index contributed by atoms with van der Waals surface area (Å²) in [6.07, 6.45) is 0.471. The highest BCUT2D eigenvalue weighted by Gasteiger charge is 2.54. The fourth-order valence-electron chi connectivity index (χ4n) is 4.62. The van der Waals surface area contributed by atoms with Gasteiger partial charge in [0.2, 0.25) is 0 Å². The summed E-state index contributed by atoms with van der Waals surface area (Å²) < 4.78 is 0. The number of imide groups is 1. The summed E-state index contributed by atoms with van der Waals surface area (Å²) in [7, 11) is 0. The monoisotopic (exact) mass is 443 g/mol. The molecule has 33 heavy (non-hydrogen) atoms. The fraction of sp³-hybridized carbons (Fsp3) is 0.231. The molecule has 7 nitrogen and oxygen atoms in total. The third kappa shape index (κ3) is 3.55. The lowest BCUT2D eigenvalue weighted by molar-refractivity contribution is -0.129. The fourth-order valence-corrected chi connectivity index (χ4v) is 4.62. The number of ketones is 2. The second-order valence-corrected chi connectivity index (χ2v) is 8.11. The summed E-state index contributed by atoms with van der Waals surface area (Å²) >= 11 is 0. The maximum Gasteiger partial charge on any atom is 0.325 e. The third-order valence-corrected chi connectivity index (χ3v) is 6.10. The van der Waals surface area contributed by atoms with E-state index >= 15 is 0 Å². The van der Waals surface area contributed by atoms with Gasteiger partial charge in [-0.25, -0.2) is 4.79 Å². The van der Waals surface area contributed by atoms with Gasteiger partial charge in [0.1, 0.15) is 0 Å². The number of carbonyl (C=O) groups excluding carboxylic acids is 4. The lowest BCUT2D eigenvalue weighted by Gasteiger charge is -2.28. The molecule has 1 aromatic heterocycles. The number of aromatic nitrogens is 1. The van der Waals surface area contributed by atoms with Crippen LogP contribution in [0, 0.1) is 6.92 Å². The van der Waals surface area contributed by atoms with Crippen LogP contribution in [0.2, 0.25) is 0 Å². The molecule has 0 atom stereocenters. The Morgan fingerprint density at radius 3 is 1.97 bits per heavy atom. The number of hydrogen-bond donors (Lipinski definition) is 2. The van der Waals surface area contributed by atoms with Gasteiger partial charge in [0.05, 0.1) is 12.2 Å². The molecule has 0 saturated carbocycles. The Labute approximate surface area is 191 Å². The summed E-state index contributed by atoms with van der Waals surface area (Å²) in [5.41, 5.74) is 1.74. The van der Waals surface area contributed by atoms with E-state index in [4.69, 9.17) is 0 Å². The highest BCUT2D eigenvalue weighted by atomic mass is 16.2. The molecule has 0 bridgehead atoms. The zero-order valence-electron chi connectivity index (χ0n) is 18.8. The van der Waals surface area contributed by atoms with Crippen molar-refractivity contribution in [1.29, 1.82) is 0 Å². The number of aromatic amines is 1. The Balaban J connectivity index is 1.74. The minimum atomic E-state index is -1.43. The second kappa shape index (κ2) is 8.50. The smallest absolute Gasteiger partial charge is 0.325 e. The number of H-pyrrole nitrogens is 1. The van der Waals surface area contributed by atoms with Gasteiger partial charge in [-0.15, -0.1) is 0 Å². The predicted molar refractivity (Wildman–Crippen MR) is 123 cm³/mol. The predicted octanol–water partition coefficient (Wildman–Crippen LogP) is 3.77. The average Bonchev–Trinajstić information content (AvgIpc) is 3.29. The SMILES string of the molecule is CCc1c(C(=O)CN2C(=O)NC(c3ccccc3)(c3ccccc3)C2=O)[nH]c(C)c1C(C)=O. The van der Waals surface area contributed by atoms with Gasteiger partial charge in [-0.3, -0.25) is 19.3 Å². The number of Topliss-reactive ketones (excluding diaryl/α,β-unsaturated/α-hetero) is 2. The van der Waals surface area contributed by atoms with Crippen LogP contribution in [0.3, 0.4) is 0 Å². The third-order valence-electron chi connectivity index (χ3n) is 6.10. The van der Waals surface area contributed by atoms with Crippen molar-refractivity contribution in [1.82, 2.24) is 15.2 Å². The molecule has 0 aliphatic carbocycles. The Bertz CT molecular complexity index is 1210. The molecule has 2 N–H and O–H groups in total. The van der Waals surface area contributed by atoms with Gasteiger partial charge in [0.25, 0.3) is 5.91 Å². The number of aryl methyl sites for hydroxylation is 1. The Morgan fingerprint density at radius 1 is 0.939 bits per heavy atom. The van der Waals surface area contributed by atoms with Gasteiger partial charge in [0.15, 0.2) is 17.1 Å². The molecule has 0 unspecified atom stereocenters. The number of amides is 3. The average molecular weight is 444 g/mol. The molecule has 0 radical (unpaired) electrons. The molecule has 2 aromatic carbocycles. The molecule has 1 aliphatic rings. The van der Waals surface area contributed by atoms with E-state index in [0.29, 0.717) is 34.4 Å². The van der Waals surface area contributed by atoms with Crippen LogP contribution in [0.15, 0.2) is 60.7 Å². The van der Waals surface area contributed by atoms with E-state index in [9.17, 15) is 19.2 Å². The standard InChI is InChI=1S/C26H25N3O4/c1-4-20-22(17(3)30)16(2)27-23(20)21(31)15-29-24(32)26(28-25(29)33,18-11-7-5-8-12-18)19-13-9-6-10-14-19/h5-14,27H,4,15H2,1-3H3,(H,28,33). The van der Waals surface area contributed by atoms with Crippen LogP contribution in [0.1, 0.15) is 57.1 Å². The number of urea groups is 1. The van der Waals surface area contributed by atoms with E-state index in [1.54, 1.807) is 55.5 Å². The quantitative estimate of drug-likeness (QED) is 0.429. The molecule has 0 spiro atoms. The molecule has 1 saturated heterocycles. The van der Waals surface area contributed by atoms with E-state index in [2.05, 4.69) is 10.3 Å². The zero-order valence-corrected chi connectivity index (χ0v) is 18.8. The highest BCUT2D eigenvalue weighted by Crippen LogP contribution is 2.36. The van der Waals surface area contributed by atoms with Gasteiger partial charge in [-0.05, 0) is 37.0 Å². The molecule has 1 fully saturated rings. The lowest BCUT2D eigenvalue weighted by Crippen LogP contribution is -2.45. The Morgan fingerprint density at radius 2 is 1.48 bits per heavy atom. The molecule has 1 aliphatic heterocycles. The number of nitrogens with one attached hydrogen (secondary N) is 2. The Hall–Kier alpha value is -4.00. The number of nitrogens with zero attached hydrogens (tertiary/aromatic N) is 1. The normalized spacial score (nSPS) is 14.9. The van der Waals surface area contributed by atoms with E-state index in [1.807, 2.05) is 19.1 Å². The number of benzene rings is 2. The molecular weight excluding hydrogens is 418 g/mol. The topological polar surface area (TPSA) is 99.3 Å². The van der Waals surface area contributed by atoms with Crippen molar-refractivity contribution in [2.24, 2.45) is 0 Å². The molecule has 4 rings (SSSR count). The van der Waals surface area contributed by atoms with Gasteiger partial charge in [-0.1, -0.05) is 67.6 Å². The molecule has 3 amide bonds. The summed E-state index contributed by atoms with van der Waals surface area (Å²) in [6, 6.07) is 17.3. The van der Waals surface area contributed by atoms with Crippen molar-refractivity contribution in [2.45, 2.75) is 32.7 Å². The minimum Gasteiger partial charge on any atom is -0.355 e. The highest BCUT2D eigenvalue weighted by molar-refractivity contribution is 6.13. The molecule has 168 valence electrons. The van der Waals surface area contributed by atoms with Crippen LogP contribution in [0.5, 0.6) is 0 Å². The number of hydrogen-bond acceptors (Lipinski definition) is 4. The molecule has 7 heteroatoms. The van der Waals surface area contributed by atoms with Gasteiger partial charge < -0.3 is 10.3 Å². The summed E-state index contributed by atoms with van der Waals surface area (Å²) in [6.45, 7) is 4.61. The van der Waals surface area contributed by atoms with Gasteiger partial charge in [-0.2, -0.15) is 0 Å². The summed E-state index contributed by atoms with van der Waals surface area (Å²) in [5, 5.41) is 2.84. The molecular formula is C26H25N3O4. The van der Waals surface area contributed by atoms with Crippen LogP contribution < -0.4 is 5.32 Å². The van der Waals surface area contributed by atoms with E-state index in [1.165, 1.54) is 6.92 Å². The minimum absolute atomic E-state index is 0.137. The van der Waals surface area contributed by atoms with Gasteiger partial charge >= 0.3 is 6.03 Å². The lowest BCUT2D eigenvalue weighted by atomic mass is 9.82. The van der Waals surface area contributed by atoms with Crippen molar-refractivity contribution in [3.63, 3.8) is 0 Å². The molecule has 2 heterocycles. The van der Waals surface area contributed by atoms with Crippen LogP contribution in [-0.4, -0.2) is 39.9 Å². The van der Waals surface area contributed by atoms with Crippen molar-refractivity contribution in [3.8, 4) is 0 Å². The zero-order chi connectivity index (χ0) is 23.8. The van der Waals surface area contributed by atoms with Crippen molar-refractivity contribution >= 4 is 23.5 Å². The first kappa shape index (κ1) is 22.2. The van der Waals surface area contributed by atoms with Gasteiger partial charge in [0, 0.05) is 11.3 Å². The number of rotatable bonds is 7. The van der Waals surface area contributed by atoms with E-state index in [0.717, 1.165) is 4.90 Å². The van der Waals surface area contributed by atoms with Crippen molar-refractivity contribution in [2.75, 3.05) is 6.54 Å². The first-order chi connectivity index (χ1) is 15.8. The van der Waals surface area contributed by atoms with E-state index < -0.39 is 29.8 Å². The Kier molecular flexibility index (Phi) is 5.72. The van der Waals surface area contributed by atoms with Crippen LogP contribution in [-0.2, 0) is 16.8 Å². The summed E-state index contributed by atoms with van der Waals surface area (Å²) in [5.74, 6) is -1.09. The maximum absolute atomic E-state index is 13.8. The largest absolute Gasteiger partial charge is 0.355 e. The first-order valence-corrected chi connectivity index (χ1v) is 10.8. The number of carbonyl (C=O) groups is 4. The first-order valence-electron chi connectivity index (χ1n) is 10.8. The second-order valence-electron chi connectivity index (χ2n) is 8.11. The van der Waals surface area contributed by atoms with Crippen LogP contribution >= 0.6 is 0 Å². The van der Waals surface area contributed by atoms with Crippen LogP contribution in [0.4, 0.5) is 4.79 Å².